The number of rotatable bonds is 5. The summed E-state index contributed by atoms with van der Waals surface area (Å²) in [5, 5.41) is 12.2. The smallest absolute Gasteiger partial charge is 0.182 e. The molecule has 0 unspecified atom stereocenters. The zero-order valence-electron chi connectivity index (χ0n) is 10.9. The SMILES string of the molecule is CC(C)OCCn1nnnc1-c1cc(N)cc(Cl)c1. The van der Waals surface area contributed by atoms with Crippen molar-refractivity contribution in [2.24, 2.45) is 0 Å². The first-order valence-corrected chi connectivity index (χ1v) is 6.38. The number of anilines is 1. The molecule has 2 N–H and O–H groups in total. The molecule has 19 heavy (non-hydrogen) atoms. The largest absolute Gasteiger partial charge is 0.399 e. The Hall–Kier alpha value is -1.66. The lowest BCUT2D eigenvalue weighted by molar-refractivity contribution is 0.0709. The van der Waals surface area contributed by atoms with Gasteiger partial charge in [0, 0.05) is 16.3 Å². The molecule has 0 saturated carbocycles. The van der Waals surface area contributed by atoms with Crippen molar-refractivity contribution in [1.82, 2.24) is 20.2 Å². The van der Waals surface area contributed by atoms with Gasteiger partial charge in [-0.1, -0.05) is 11.6 Å². The molecule has 0 aliphatic rings. The monoisotopic (exact) mass is 281 g/mol. The van der Waals surface area contributed by atoms with E-state index in [9.17, 15) is 0 Å². The van der Waals surface area contributed by atoms with Crippen LogP contribution in [0.15, 0.2) is 18.2 Å². The molecule has 0 spiro atoms. The highest BCUT2D eigenvalue weighted by atomic mass is 35.5. The minimum absolute atomic E-state index is 0.182. The Morgan fingerprint density at radius 1 is 1.37 bits per heavy atom. The Bertz CT molecular complexity index is 535. The van der Waals surface area contributed by atoms with E-state index in [0.29, 0.717) is 29.7 Å². The van der Waals surface area contributed by atoms with Crippen molar-refractivity contribution in [2.75, 3.05) is 12.3 Å². The fourth-order valence-electron chi connectivity index (χ4n) is 1.68. The average Bonchev–Trinajstić information content (AvgIpc) is 2.75. The lowest BCUT2D eigenvalue weighted by Crippen LogP contribution is -2.12. The number of hydrogen-bond acceptors (Lipinski definition) is 5. The van der Waals surface area contributed by atoms with Crippen molar-refractivity contribution in [2.45, 2.75) is 26.5 Å². The number of halogens is 1. The molecule has 0 atom stereocenters. The van der Waals surface area contributed by atoms with Gasteiger partial charge in [-0.2, -0.15) is 0 Å². The average molecular weight is 282 g/mol. The minimum Gasteiger partial charge on any atom is -0.399 e. The van der Waals surface area contributed by atoms with Crippen molar-refractivity contribution in [3.8, 4) is 11.4 Å². The molecule has 1 aromatic carbocycles. The molecular weight excluding hydrogens is 266 g/mol. The van der Waals surface area contributed by atoms with E-state index in [-0.39, 0.29) is 6.10 Å². The van der Waals surface area contributed by atoms with Gasteiger partial charge in [-0.3, -0.25) is 0 Å². The van der Waals surface area contributed by atoms with Gasteiger partial charge in [-0.05, 0) is 42.5 Å². The Morgan fingerprint density at radius 3 is 2.84 bits per heavy atom. The summed E-state index contributed by atoms with van der Waals surface area (Å²) in [6.45, 7) is 5.09. The third-order valence-corrected chi connectivity index (χ3v) is 2.68. The highest BCUT2D eigenvalue weighted by molar-refractivity contribution is 6.31. The first-order valence-electron chi connectivity index (χ1n) is 6.00. The van der Waals surface area contributed by atoms with Crippen molar-refractivity contribution in [3.63, 3.8) is 0 Å². The Labute approximate surface area is 116 Å². The predicted molar refractivity (Wildman–Crippen MR) is 73.8 cm³/mol. The summed E-state index contributed by atoms with van der Waals surface area (Å²) in [5.41, 5.74) is 7.14. The molecule has 1 aromatic heterocycles. The molecule has 6 nitrogen and oxygen atoms in total. The molecule has 0 aliphatic carbocycles. The zero-order valence-corrected chi connectivity index (χ0v) is 11.6. The van der Waals surface area contributed by atoms with Crippen LogP contribution in [0.1, 0.15) is 13.8 Å². The Kier molecular flexibility index (Phi) is 4.34. The summed E-state index contributed by atoms with van der Waals surface area (Å²) in [4.78, 5) is 0. The quantitative estimate of drug-likeness (QED) is 0.848. The molecule has 7 heteroatoms. The molecule has 102 valence electrons. The first kappa shape index (κ1) is 13.8. The maximum absolute atomic E-state index is 5.98. The number of hydrogen-bond donors (Lipinski definition) is 1. The number of nitrogen functional groups attached to an aromatic ring is 1. The number of nitrogens with two attached hydrogens (primary N) is 1. The first-order chi connectivity index (χ1) is 9.06. The van der Waals surface area contributed by atoms with Gasteiger partial charge in [-0.25, -0.2) is 4.68 Å². The predicted octanol–water partition coefficient (Wildman–Crippen LogP) is 2.00. The van der Waals surface area contributed by atoms with Crippen LogP contribution < -0.4 is 5.73 Å². The van der Waals surface area contributed by atoms with Crippen molar-refractivity contribution in [1.29, 1.82) is 0 Å². The molecule has 2 aromatic rings. The molecule has 1 heterocycles. The number of benzene rings is 1. The number of nitrogens with zero attached hydrogens (tertiary/aromatic N) is 4. The molecule has 0 fully saturated rings. The third kappa shape index (κ3) is 3.65. The molecule has 0 aliphatic heterocycles. The summed E-state index contributed by atoms with van der Waals surface area (Å²) in [5.74, 6) is 0.626. The second kappa shape index (κ2) is 5.99. The topological polar surface area (TPSA) is 78.8 Å². The molecule has 2 rings (SSSR count). The van der Waals surface area contributed by atoms with E-state index in [4.69, 9.17) is 22.1 Å². The van der Waals surface area contributed by atoms with Gasteiger partial charge in [0.25, 0.3) is 0 Å². The van der Waals surface area contributed by atoms with E-state index in [1.165, 1.54) is 0 Å². The molecule has 0 bridgehead atoms. The van der Waals surface area contributed by atoms with Crippen molar-refractivity contribution in [3.05, 3.63) is 23.2 Å². The molecule has 0 amide bonds. The minimum atomic E-state index is 0.182. The van der Waals surface area contributed by atoms with Crippen LogP contribution in [-0.4, -0.2) is 32.9 Å². The van der Waals surface area contributed by atoms with Gasteiger partial charge in [-0.15, -0.1) is 5.10 Å². The maximum atomic E-state index is 5.98. The number of aromatic nitrogens is 4. The van der Waals surface area contributed by atoms with E-state index >= 15 is 0 Å². The summed E-state index contributed by atoms with van der Waals surface area (Å²) < 4.78 is 7.16. The van der Waals surface area contributed by atoms with Gasteiger partial charge in [0.05, 0.1) is 19.3 Å². The van der Waals surface area contributed by atoms with E-state index < -0.39 is 0 Å². The van der Waals surface area contributed by atoms with Gasteiger partial charge in [0.2, 0.25) is 0 Å². The Balaban J connectivity index is 2.18. The van der Waals surface area contributed by atoms with Crippen LogP contribution in [0.5, 0.6) is 0 Å². The molecular formula is C12H16ClN5O. The normalized spacial score (nSPS) is 11.2. The Morgan fingerprint density at radius 2 is 2.16 bits per heavy atom. The molecule has 0 saturated heterocycles. The van der Waals surface area contributed by atoms with Crippen molar-refractivity contribution < 1.29 is 4.74 Å². The lowest BCUT2D eigenvalue weighted by Gasteiger charge is -2.08. The molecule has 0 radical (unpaired) electrons. The second-order valence-corrected chi connectivity index (χ2v) is 4.85. The van der Waals surface area contributed by atoms with Crippen LogP contribution in [0.25, 0.3) is 11.4 Å². The van der Waals surface area contributed by atoms with Gasteiger partial charge < -0.3 is 10.5 Å². The maximum Gasteiger partial charge on any atom is 0.182 e. The van der Waals surface area contributed by atoms with Gasteiger partial charge in [0.15, 0.2) is 5.82 Å². The van der Waals surface area contributed by atoms with Crippen LogP contribution in [0.4, 0.5) is 5.69 Å². The van der Waals surface area contributed by atoms with E-state index in [1.807, 2.05) is 13.8 Å². The summed E-state index contributed by atoms with van der Waals surface area (Å²) in [7, 11) is 0. The highest BCUT2D eigenvalue weighted by Gasteiger charge is 2.10. The van der Waals surface area contributed by atoms with E-state index in [1.54, 1.807) is 22.9 Å². The fraction of sp³-hybridized carbons (Fsp3) is 0.417. The van der Waals surface area contributed by atoms with Crippen LogP contribution in [0, 0.1) is 0 Å². The zero-order chi connectivity index (χ0) is 13.8. The van der Waals surface area contributed by atoms with Gasteiger partial charge in [0.1, 0.15) is 0 Å². The third-order valence-electron chi connectivity index (χ3n) is 2.46. The second-order valence-electron chi connectivity index (χ2n) is 4.42. The van der Waals surface area contributed by atoms with Crippen LogP contribution in [-0.2, 0) is 11.3 Å². The fourth-order valence-corrected chi connectivity index (χ4v) is 1.92. The van der Waals surface area contributed by atoms with Crippen LogP contribution >= 0.6 is 11.6 Å². The standard InChI is InChI=1S/C12H16ClN5O/c1-8(2)19-4-3-18-12(15-16-17-18)9-5-10(13)7-11(14)6-9/h5-8H,3-4,14H2,1-2H3. The highest BCUT2D eigenvalue weighted by Crippen LogP contribution is 2.23. The number of tetrazole rings is 1. The van der Waals surface area contributed by atoms with Gasteiger partial charge >= 0.3 is 0 Å². The summed E-state index contributed by atoms with van der Waals surface area (Å²) >= 11 is 5.98. The summed E-state index contributed by atoms with van der Waals surface area (Å²) in [6, 6.07) is 5.25. The van der Waals surface area contributed by atoms with Crippen LogP contribution in [0.3, 0.4) is 0 Å². The summed E-state index contributed by atoms with van der Waals surface area (Å²) in [6.07, 6.45) is 0.182. The number of ether oxygens (including phenoxy) is 1. The lowest BCUT2D eigenvalue weighted by atomic mass is 10.2. The van der Waals surface area contributed by atoms with E-state index in [2.05, 4.69) is 15.5 Å². The van der Waals surface area contributed by atoms with Crippen molar-refractivity contribution >= 4 is 17.3 Å². The van der Waals surface area contributed by atoms with E-state index in [0.717, 1.165) is 5.56 Å². The van der Waals surface area contributed by atoms with Crippen LogP contribution in [0.2, 0.25) is 5.02 Å².